The minimum atomic E-state index is 0.325. The quantitative estimate of drug-likeness (QED) is 0.833. The van der Waals surface area contributed by atoms with E-state index in [-0.39, 0.29) is 0 Å². The van der Waals surface area contributed by atoms with Gasteiger partial charge in [0.1, 0.15) is 0 Å². The second kappa shape index (κ2) is 7.66. The molecule has 1 heterocycles. The van der Waals surface area contributed by atoms with Crippen LogP contribution in [-0.2, 0) is 0 Å². The van der Waals surface area contributed by atoms with E-state index in [0.717, 1.165) is 13.1 Å². The first kappa shape index (κ1) is 16.9. The summed E-state index contributed by atoms with van der Waals surface area (Å²) in [4.78, 5) is 2.71. The fourth-order valence-electron chi connectivity index (χ4n) is 3.15. The van der Waals surface area contributed by atoms with Crippen LogP contribution in [0.25, 0.3) is 0 Å². The van der Waals surface area contributed by atoms with Crippen molar-refractivity contribution in [1.29, 1.82) is 0 Å². The van der Waals surface area contributed by atoms with Crippen LogP contribution in [0, 0.1) is 5.41 Å². The van der Waals surface area contributed by atoms with Crippen molar-refractivity contribution in [2.24, 2.45) is 5.41 Å². The van der Waals surface area contributed by atoms with E-state index in [1.54, 1.807) is 0 Å². The Balaban J connectivity index is 2.05. The van der Waals surface area contributed by atoms with Crippen LogP contribution in [0.5, 0.6) is 0 Å². The number of hydrogen-bond donors (Lipinski definition) is 1. The number of rotatable bonds is 5. The van der Waals surface area contributed by atoms with Gasteiger partial charge in [-0.05, 0) is 16.7 Å². The molecule has 21 heavy (non-hydrogen) atoms. The zero-order valence-corrected chi connectivity index (χ0v) is 14.7. The van der Waals surface area contributed by atoms with Gasteiger partial charge in [0.2, 0.25) is 0 Å². The van der Waals surface area contributed by atoms with Crippen LogP contribution in [0.15, 0.2) is 30.3 Å². The molecule has 3 heteroatoms. The highest BCUT2D eigenvalue weighted by molar-refractivity contribution is 7.99. The molecule has 1 saturated heterocycles. The summed E-state index contributed by atoms with van der Waals surface area (Å²) in [5, 5.41) is 3.76. The molecule has 0 aliphatic carbocycles. The van der Waals surface area contributed by atoms with E-state index in [9.17, 15) is 0 Å². The fourth-order valence-corrected chi connectivity index (χ4v) is 3.80. The van der Waals surface area contributed by atoms with Gasteiger partial charge in [-0.2, -0.15) is 11.8 Å². The summed E-state index contributed by atoms with van der Waals surface area (Å²) in [7, 11) is 0. The average Bonchev–Trinajstić information content (AvgIpc) is 2.47. The second-order valence-electron chi connectivity index (χ2n) is 6.95. The van der Waals surface area contributed by atoms with Crippen molar-refractivity contribution >= 4 is 11.8 Å². The highest BCUT2D eigenvalue weighted by Crippen LogP contribution is 2.30. The summed E-state index contributed by atoms with van der Waals surface area (Å²) in [6.07, 6.45) is 0. The van der Waals surface area contributed by atoms with Crippen molar-refractivity contribution in [2.75, 3.05) is 31.1 Å². The lowest BCUT2D eigenvalue weighted by Gasteiger charge is -2.46. The molecule has 1 aromatic rings. The number of thioether (sulfide) groups is 1. The first-order valence-electron chi connectivity index (χ1n) is 8.12. The molecule has 1 N–H and O–H groups in total. The van der Waals surface area contributed by atoms with Gasteiger partial charge in [0, 0.05) is 37.5 Å². The Morgan fingerprint density at radius 1 is 1.24 bits per heavy atom. The number of nitrogens with zero attached hydrogens (tertiary/aromatic N) is 1. The van der Waals surface area contributed by atoms with E-state index < -0.39 is 0 Å². The largest absolute Gasteiger partial charge is 0.307 e. The molecule has 1 fully saturated rings. The maximum absolute atomic E-state index is 3.76. The summed E-state index contributed by atoms with van der Waals surface area (Å²) in [6.45, 7) is 12.7. The number of benzene rings is 1. The van der Waals surface area contributed by atoms with Crippen molar-refractivity contribution in [1.82, 2.24) is 10.2 Å². The molecule has 0 amide bonds. The number of piperazine rings is 1. The molecular weight excluding hydrogens is 276 g/mol. The van der Waals surface area contributed by atoms with Crippen molar-refractivity contribution in [3.8, 4) is 0 Å². The van der Waals surface area contributed by atoms with Gasteiger partial charge in [0.15, 0.2) is 0 Å². The van der Waals surface area contributed by atoms with Gasteiger partial charge in [0.25, 0.3) is 0 Å². The lowest BCUT2D eigenvalue weighted by molar-refractivity contribution is 0.0611. The van der Waals surface area contributed by atoms with Gasteiger partial charge in [-0.1, -0.05) is 58.0 Å². The van der Waals surface area contributed by atoms with E-state index >= 15 is 0 Å². The molecule has 0 aromatic heterocycles. The van der Waals surface area contributed by atoms with E-state index in [4.69, 9.17) is 0 Å². The van der Waals surface area contributed by atoms with Crippen molar-refractivity contribution in [2.45, 2.75) is 39.8 Å². The molecule has 2 unspecified atom stereocenters. The minimum absolute atomic E-state index is 0.325. The molecule has 1 aliphatic heterocycles. The molecule has 0 saturated carbocycles. The zero-order valence-electron chi connectivity index (χ0n) is 13.9. The first-order chi connectivity index (χ1) is 10.0. The van der Waals surface area contributed by atoms with Gasteiger partial charge < -0.3 is 5.32 Å². The Kier molecular flexibility index (Phi) is 6.15. The molecule has 0 radical (unpaired) electrons. The van der Waals surface area contributed by atoms with Crippen LogP contribution < -0.4 is 5.32 Å². The van der Waals surface area contributed by atoms with Crippen LogP contribution in [0.1, 0.15) is 39.3 Å². The topological polar surface area (TPSA) is 15.3 Å². The SMILES string of the molecule is CCSCCN1CC(c2ccccc2)NCC1C(C)(C)C. The maximum atomic E-state index is 3.76. The number of hydrogen-bond acceptors (Lipinski definition) is 3. The Labute approximate surface area is 134 Å². The fraction of sp³-hybridized carbons (Fsp3) is 0.667. The summed E-state index contributed by atoms with van der Waals surface area (Å²) in [5.74, 6) is 2.46. The monoisotopic (exact) mass is 306 g/mol. The highest BCUT2D eigenvalue weighted by atomic mass is 32.2. The summed E-state index contributed by atoms with van der Waals surface area (Å²) in [6, 6.07) is 12.0. The molecule has 1 aromatic carbocycles. The third kappa shape index (κ3) is 4.73. The van der Waals surface area contributed by atoms with Crippen LogP contribution in [0.2, 0.25) is 0 Å². The molecule has 118 valence electrons. The van der Waals surface area contributed by atoms with Crippen LogP contribution in [0.4, 0.5) is 0 Å². The molecule has 2 atom stereocenters. The van der Waals surface area contributed by atoms with E-state index in [0.29, 0.717) is 17.5 Å². The Morgan fingerprint density at radius 2 is 1.95 bits per heavy atom. The summed E-state index contributed by atoms with van der Waals surface area (Å²) < 4.78 is 0. The molecular formula is C18H30N2S. The lowest BCUT2D eigenvalue weighted by Crippen LogP contribution is -2.58. The van der Waals surface area contributed by atoms with Crippen molar-refractivity contribution in [3.63, 3.8) is 0 Å². The molecule has 0 bridgehead atoms. The Hall–Kier alpha value is -0.510. The zero-order chi connectivity index (χ0) is 15.3. The second-order valence-corrected chi connectivity index (χ2v) is 8.34. The van der Waals surface area contributed by atoms with Gasteiger partial charge in [0.05, 0.1) is 0 Å². The summed E-state index contributed by atoms with van der Waals surface area (Å²) in [5.41, 5.74) is 1.74. The van der Waals surface area contributed by atoms with E-state index in [1.165, 1.54) is 23.6 Å². The molecule has 1 aliphatic rings. The third-order valence-electron chi connectivity index (χ3n) is 4.34. The van der Waals surface area contributed by atoms with Crippen LogP contribution >= 0.6 is 11.8 Å². The maximum Gasteiger partial charge on any atom is 0.0449 e. The normalized spacial score (nSPS) is 24.2. The molecule has 2 nitrogen and oxygen atoms in total. The van der Waals surface area contributed by atoms with Gasteiger partial charge >= 0.3 is 0 Å². The van der Waals surface area contributed by atoms with Gasteiger partial charge in [-0.15, -0.1) is 0 Å². The van der Waals surface area contributed by atoms with Crippen molar-refractivity contribution < 1.29 is 0 Å². The third-order valence-corrected chi connectivity index (χ3v) is 5.22. The van der Waals surface area contributed by atoms with Crippen LogP contribution in [0.3, 0.4) is 0 Å². The smallest absolute Gasteiger partial charge is 0.0449 e. The number of nitrogens with one attached hydrogen (secondary N) is 1. The molecule has 0 spiro atoms. The summed E-state index contributed by atoms with van der Waals surface area (Å²) >= 11 is 2.05. The Morgan fingerprint density at radius 3 is 2.57 bits per heavy atom. The predicted molar refractivity (Wildman–Crippen MR) is 95.0 cm³/mol. The molecule has 2 rings (SSSR count). The Bertz CT molecular complexity index is 413. The predicted octanol–water partition coefficient (Wildman–Crippen LogP) is 3.80. The average molecular weight is 307 g/mol. The first-order valence-corrected chi connectivity index (χ1v) is 9.28. The van der Waals surface area contributed by atoms with E-state index in [1.807, 2.05) is 11.8 Å². The van der Waals surface area contributed by atoms with E-state index in [2.05, 4.69) is 68.2 Å². The highest BCUT2D eigenvalue weighted by Gasteiger charge is 2.35. The lowest BCUT2D eigenvalue weighted by atomic mass is 9.83. The van der Waals surface area contributed by atoms with Gasteiger partial charge in [-0.3, -0.25) is 4.90 Å². The van der Waals surface area contributed by atoms with Crippen LogP contribution in [-0.4, -0.2) is 42.1 Å². The minimum Gasteiger partial charge on any atom is -0.307 e. The standard InChI is InChI=1S/C18H30N2S/c1-5-21-12-11-20-14-16(15-9-7-6-8-10-15)19-13-17(20)18(2,3)4/h6-10,16-17,19H,5,11-14H2,1-4H3. The van der Waals surface area contributed by atoms with Gasteiger partial charge in [-0.25, -0.2) is 0 Å². The van der Waals surface area contributed by atoms with Crippen molar-refractivity contribution in [3.05, 3.63) is 35.9 Å².